The van der Waals surface area contributed by atoms with Gasteiger partial charge >= 0.3 is 0 Å². The van der Waals surface area contributed by atoms with Gasteiger partial charge in [-0.2, -0.15) is 0 Å². The number of aryl methyl sites for hydroxylation is 2. The van der Waals surface area contributed by atoms with E-state index in [0.29, 0.717) is 47.5 Å². The molecule has 11 nitrogen and oxygen atoms in total. The summed E-state index contributed by atoms with van der Waals surface area (Å²) < 4.78 is 10.6. The third-order valence-electron chi connectivity index (χ3n) is 7.15. The number of methoxy groups -OCH3 is 1. The zero-order valence-electron chi connectivity index (χ0n) is 22.3. The van der Waals surface area contributed by atoms with Gasteiger partial charge in [0, 0.05) is 46.0 Å². The van der Waals surface area contributed by atoms with Crippen LogP contribution >= 0.6 is 11.3 Å². The van der Waals surface area contributed by atoms with Crippen molar-refractivity contribution in [3.63, 3.8) is 0 Å². The molecule has 39 heavy (non-hydrogen) atoms. The van der Waals surface area contributed by atoms with Crippen molar-refractivity contribution in [2.45, 2.75) is 45.5 Å². The van der Waals surface area contributed by atoms with Gasteiger partial charge in [0.2, 0.25) is 5.91 Å². The number of aliphatic hydroxyl groups excluding tert-OH is 1. The number of aromatic nitrogens is 2. The highest BCUT2D eigenvalue weighted by Crippen LogP contribution is 2.32. The second-order valence-corrected chi connectivity index (χ2v) is 11.0. The molecule has 5 rings (SSSR count). The summed E-state index contributed by atoms with van der Waals surface area (Å²) in [5.74, 6) is -0.394. The lowest BCUT2D eigenvalue weighted by molar-refractivity contribution is -0.148. The quantitative estimate of drug-likeness (QED) is 0.323. The maximum absolute atomic E-state index is 13.6. The van der Waals surface area contributed by atoms with Crippen molar-refractivity contribution >= 4 is 23.2 Å². The highest BCUT2D eigenvalue weighted by Gasteiger charge is 2.38. The number of amides is 2. The normalized spacial score (nSPS) is 18.9. The number of thiazole rings is 1. The first-order chi connectivity index (χ1) is 18.9. The predicted octanol–water partition coefficient (Wildman–Crippen LogP) is 2.47. The molecule has 2 aromatic heterocycles. The smallest absolute Gasteiger partial charge is 0.264 e. The van der Waals surface area contributed by atoms with Crippen LogP contribution in [-0.2, 0) is 20.9 Å². The molecule has 2 aliphatic rings. The molecule has 4 heterocycles. The molecule has 0 radical (unpaired) electrons. The molecule has 2 aliphatic heterocycles. The molecule has 208 valence electrons. The highest BCUT2D eigenvalue weighted by atomic mass is 32.1. The Hall–Kier alpha value is -3.16. The van der Waals surface area contributed by atoms with Crippen molar-refractivity contribution < 1.29 is 24.0 Å². The van der Waals surface area contributed by atoms with Crippen LogP contribution in [0.1, 0.15) is 52.5 Å². The summed E-state index contributed by atoms with van der Waals surface area (Å²) >= 11 is 1.31. The van der Waals surface area contributed by atoms with Crippen LogP contribution in [0.25, 0.3) is 10.8 Å². The van der Waals surface area contributed by atoms with E-state index in [1.807, 2.05) is 38.1 Å². The summed E-state index contributed by atoms with van der Waals surface area (Å²) in [4.78, 5) is 32.3. The van der Waals surface area contributed by atoms with Gasteiger partial charge in [0.25, 0.3) is 5.91 Å². The van der Waals surface area contributed by atoms with Gasteiger partial charge in [-0.05, 0) is 37.8 Å². The van der Waals surface area contributed by atoms with Gasteiger partial charge in [-0.15, -0.1) is 11.3 Å². The van der Waals surface area contributed by atoms with Crippen LogP contribution in [0.3, 0.4) is 0 Å². The van der Waals surface area contributed by atoms with E-state index in [4.69, 9.17) is 9.26 Å². The number of carbonyl (C=O) groups is 2. The first kappa shape index (κ1) is 27.4. The average Bonchev–Trinajstić information content (AvgIpc) is 3.65. The number of fused-ring (bicyclic) bond motifs is 2. The molecule has 0 bridgehead atoms. The Balaban J connectivity index is 1.30. The maximum Gasteiger partial charge on any atom is 0.264 e. The minimum absolute atomic E-state index is 0.125. The number of nitrogens with one attached hydrogen (secondary N) is 2. The Morgan fingerprint density at radius 2 is 2.13 bits per heavy atom. The lowest BCUT2D eigenvalue weighted by Crippen LogP contribution is -2.47. The van der Waals surface area contributed by atoms with E-state index < -0.39 is 18.2 Å². The number of benzene rings is 1. The maximum atomic E-state index is 13.6. The van der Waals surface area contributed by atoms with Crippen molar-refractivity contribution in [2.75, 3.05) is 33.4 Å². The third kappa shape index (κ3) is 5.89. The molecule has 1 aromatic carbocycles. The fraction of sp³-hybridized carbons (Fsp3) is 0.481. The number of nitrogens with zero attached hydrogens (tertiary/aromatic N) is 4. The van der Waals surface area contributed by atoms with Crippen LogP contribution < -0.4 is 10.6 Å². The fourth-order valence-electron chi connectivity index (χ4n) is 5.08. The second-order valence-electron chi connectivity index (χ2n) is 9.93. The van der Waals surface area contributed by atoms with Gasteiger partial charge in [0.1, 0.15) is 12.3 Å². The summed E-state index contributed by atoms with van der Waals surface area (Å²) in [6.45, 7) is 6.28. The summed E-state index contributed by atoms with van der Waals surface area (Å²) in [5, 5.41) is 25.4. The van der Waals surface area contributed by atoms with Gasteiger partial charge in [-0.3, -0.25) is 19.9 Å². The second kappa shape index (κ2) is 11.9. The van der Waals surface area contributed by atoms with Crippen molar-refractivity contribution in [3.8, 4) is 10.8 Å². The zero-order chi connectivity index (χ0) is 27.5. The topological polar surface area (TPSA) is 133 Å². The Kier molecular flexibility index (Phi) is 8.38. The van der Waals surface area contributed by atoms with E-state index in [0.717, 1.165) is 29.8 Å². The number of ether oxygens (including phenoxy) is 1. The molecule has 1 unspecified atom stereocenters. The summed E-state index contributed by atoms with van der Waals surface area (Å²) in [7, 11) is 1.58. The summed E-state index contributed by atoms with van der Waals surface area (Å²) in [6.07, 6.45) is 0.295. The first-order valence-corrected chi connectivity index (χ1v) is 13.9. The van der Waals surface area contributed by atoms with Crippen LogP contribution in [0.2, 0.25) is 0 Å². The van der Waals surface area contributed by atoms with Crippen molar-refractivity contribution in [2.24, 2.45) is 5.92 Å². The first-order valence-electron chi connectivity index (χ1n) is 13.1. The summed E-state index contributed by atoms with van der Waals surface area (Å²) in [5.41, 5.74) is 3.26. The molecular weight excluding hydrogens is 520 g/mol. The highest BCUT2D eigenvalue weighted by molar-refractivity contribution is 7.15. The minimum Gasteiger partial charge on any atom is -0.385 e. The number of hydrazine groups is 1. The number of carbonyl (C=O) groups excluding carboxylic acids is 2. The van der Waals surface area contributed by atoms with Gasteiger partial charge in [0.15, 0.2) is 10.8 Å². The number of aliphatic hydroxyl groups is 1. The van der Waals surface area contributed by atoms with Crippen molar-refractivity contribution in [1.29, 1.82) is 0 Å². The molecular formula is C27H34N6O5S. The Bertz CT molecular complexity index is 1330. The largest absolute Gasteiger partial charge is 0.385 e. The number of hydrogen-bond acceptors (Lipinski definition) is 10. The minimum atomic E-state index is -1.03. The molecule has 3 atom stereocenters. The number of hydrogen-bond donors (Lipinski definition) is 3. The lowest BCUT2D eigenvalue weighted by atomic mass is 9.98. The zero-order valence-corrected chi connectivity index (χ0v) is 23.2. The predicted molar refractivity (Wildman–Crippen MR) is 144 cm³/mol. The van der Waals surface area contributed by atoms with E-state index in [1.165, 1.54) is 11.3 Å². The van der Waals surface area contributed by atoms with Crippen molar-refractivity contribution in [1.82, 2.24) is 30.8 Å². The monoisotopic (exact) mass is 554 g/mol. The molecule has 3 aromatic rings. The van der Waals surface area contributed by atoms with Gasteiger partial charge in [0.05, 0.1) is 22.2 Å². The van der Waals surface area contributed by atoms with Crippen LogP contribution in [0.5, 0.6) is 0 Å². The van der Waals surface area contributed by atoms with Crippen LogP contribution in [0, 0.1) is 19.8 Å². The average molecular weight is 555 g/mol. The van der Waals surface area contributed by atoms with Gasteiger partial charge in [-0.25, -0.2) is 9.99 Å². The van der Waals surface area contributed by atoms with Crippen LogP contribution in [-0.4, -0.2) is 70.4 Å². The van der Waals surface area contributed by atoms with Gasteiger partial charge < -0.3 is 19.7 Å². The van der Waals surface area contributed by atoms with Crippen LogP contribution in [0.15, 0.2) is 34.9 Å². The Morgan fingerprint density at radius 3 is 2.90 bits per heavy atom. The van der Waals surface area contributed by atoms with Crippen molar-refractivity contribution in [3.05, 3.63) is 57.7 Å². The third-order valence-corrected chi connectivity index (χ3v) is 8.38. The Morgan fingerprint density at radius 1 is 1.31 bits per heavy atom. The van der Waals surface area contributed by atoms with E-state index >= 15 is 0 Å². The molecule has 12 heteroatoms. The van der Waals surface area contributed by atoms with E-state index in [1.54, 1.807) is 18.2 Å². The molecule has 0 aliphatic carbocycles. The van der Waals surface area contributed by atoms with E-state index in [2.05, 4.69) is 25.8 Å². The molecule has 2 amide bonds. The molecule has 3 N–H and O–H groups in total. The lowest BCUT2D eigenvalue weighted by Gasteiger charge is -2.28. The SMILES string of the molecule is COCC[C@H](CNC(O)c1sc(-c2cc(C)no2)nc1C)C(=O)N[C@@H]1C(=O)N2CCCN2Cc2ccccc21. The Labute approximate surface area is 231 Å². The molecule has 0 saturated carbocycles. The van der Waals surface area contributed by atoms with E-state index in [-0.39, 0.29) is 18.4 Å². The molecule has 0 spiro atoms. The van der Waals surface area contributed by atoms with Crippen LogP contribution in [0.4, 0.5) is 0 Å². The van der Waals surface area contributed by atoms with E-state index in [9.17, 15) is 14.7 Å². The molecule has 1 saturated heterocycles. The number of rotatable bonds is 10. The standard InChI is InChI=1S/C27H34N6O5S/c1-16-13-21(38-31-16)26-29-17(2)23(39-26)25(35)28-14-18(9-12-37-3)24(34)30-22-20-8-5-4-7-19(20)15-32-10-6-11-33(32)27(22)36/h4-5,7-8,13,18,22,25,28,35H,6,9-12,14-15H2,1-3H3,(H,30,34)/t18-,22+,25?/m1/s1. The fourth-order valence-corrected chi connectivity index (χ4v) is 6.06. The molecule has 1 fully saturated rings. The summed E-state index contributed by atoms with van der Waals surface area (Å²) in [6, 6.07) is 8.79. The van der Waals surface area contributed by atoms with Gasteiger partial charge in [-0.1, -0.05) is 29.4 Å².